The fraction of sp³-hybridized carbons (Fsp3) is 0.350. The van der Waals surface area contributed by atoms with Gasteiger partial charge < -0.3 is 9.47 Å². The van der Waals surface area contributed by atoms with Crippen LogP contribution in [0.15, 0.2) is 47.4 Å². The molecule has 1 aliphatic rings. The van der Waals surface area contributed by atoms with Crippen LogP contribution in [0.2, 0.25) is 5.02 Å². The smallest absolute Gasteiger partial charge is 0.306 e. The zero-order valence-electron chi connectivity index (χ0n) is 15.6. The third-order valence-corrected chi connectivity index (χ3v) is 6.86. The molecule has 9 heteroatoms. The molecule has 0 spiro atoms. The maximum atomic E-state index is 13.7. The number of carbonyl (C=O) groups is 1. The monoisotopic (exact) mass is 441 g/mol. The number of rotatable bonds is 7. The third-order valence-electron chi connectivity index (χ3n) is 4.59. The second kappa shape index (κ2) is 9.67. The van der Waals surface area contributed by atoms with Gasteiger partial charge >= 0.3 is 5.97 Å². The summed E-state index contributed by atoms with van der Waals surface area (Å²) in [6.45, 7) is 1.21. The van der Waals surface area contributed by atoms with Gasteiger partial charge in [-0.3, -0.25) is 4.79 Å². The lowest BCUT2D eigenvalue weighted by Gasteiger charge is -2.26. The summed E-state index contributed by atoms with van der Waals surface area (Å²) >= 11 is 5.90. The standard InChI is InChI=1S/C20H21ClFNO5S/c21-18-2-1-3-19(22)17(18)14-28-20(24)9-6-15-4-7-16(8-5-15)29(25,26)23-10-12-27-13-11-23/h1-5,7-8H,6,9-14H2. The van der Waals surface area contributed by atoms with Gasteiger partial charge in [-0.25, -0.2) is 12.8 Å². The summed E-state index contributed by atoms with van der Waals surface area (Å²) in [5.74, 6) is -1.02. The molecule has 0 aliphatic carbocycles. The van der Waals surface area contributed by atoms with E-state index in [-0.39, 0.29) is 28.5 Å². The summed E-state index contributed by atoms with van der Waals surface area (Å²) in [6, 6.07) is 10.7. The number of halogens is 2. The van der Waals surface area contributed by atoms with E-state index in [9.17, 15) is 17.6 Å². The molecule has 3 rings (SSSR count). The molecule has 0 atom stereocenters. The van der Waals surface area contributed by atoms with Crippen LogP contribution in [0.1, 0.15) is 17.5 Å². The van der Waals surface area contributed by atoms with Crippen LogP contribution in [0.25, 0.3) is 0 Å². The van der Waals surface area contributed by atoms with Crippen molar-refractivity contribution < 1.29 is 27.1 Å². The molecule has 6 nitrogen and oxygen atoms in total. The fourth-order valence-electron chi connectivity index (χ4n) is 2.91. The van der Waals surface area contributed by atoms with Gasteiger partial charge in [-0.1, -0.05) is 29.8 Å². The first-order chi connectivity index (χ1) is 13.9. The predicted molar refractivity (Wildman–Crippen MR) is 106 cm³/mol. The van der Waals surface area contributed by atoms with Crippen LogP contribution < -0.4 is 0 Å². The van der Waals surface area contributed by atoms with Crippen LogP contribution >= 0.6 is 11.6 Å². The lowest BCUT2D eigenvalue weighted by atomic mass is 10.1. The van der Waals surface area contributed by atoms with Crippen molar-refractivity contribution >= 4 is 27.6 Å². The van der Waals surface area contributed by atoms with Crippen LogP contribution in [0.4, 0.5) is 4.39 Å². The van der Waals surface area contributed by atoms with E-state index in [0.29, 0.717) is 32.7 Å². The molecule has 2 aromatic rings. The topological polar surface area (TPSA) is 72.9 Å². The minimum Gasteiger partial charge on any atom is -0.461 e. The molecule has 156 valence electrons. The Morgan fingerprint density at radius 1 is 1.14 bits per heavy atom. The van der Waals surface area contributed by atoms with Crippen molar-refractivity contribution in [2.75, 3.05) is 26.3 Å². The quantitative estimate of drug-likeness (QED) is 0.617. The van der Waals surface area contributed by atoms with E-state index >= 15 is 0 Å². The van der Waals surface area contributed by atoms with Crippen molar-refractivity contribution in [2.24, 2.45) is 0 Å². The number of esters is 1. The summed E-state index contributed by atoms with van der Waals surface area (Å²) in [5, 5.41) is 0.204. The predicted octanol–water partition coefficient (Wildman–Crippen LogP) is 3.18. The molecule has 1 saturated heterocycles. The van der Waals surface area contributed by atoms with Crippen molar-refractivity contribution in [3.8, 4) is 0 Å². The number of ether oxygens (including phenoxy) is 2. The first-order valence-corrected chi connectivity index (χ1v) is 10.9. The average Bonchev–Trinajstić information content (AvgIpc) is 2.73. The third kappa shape index (κ3) is 5.54. The Bertz CT molecular complexity index is 939. The molecule has 0 amide bonds. The van der Waals surface area contributed by atoms with E-state index in [0.717, 1.165) is 5.56 Å². The SMILES string of the molecule is O=C(CCc1ccc(S(=O)(=O)N2CCOCC2)cc1)OCc1c(F)cccc1Cl. The van der Waals surface area contributed by atoms with Gasteiger partial charge in [0.2, 0.25) is 10.0 Å². The minimum atomic E-state index is -3.54. The summed E-state index contributed by atoms with van der Waals surface area (Å²) in [6.07, 6.45) is 0.462. The van der Waals surface area contributed by atoms with Crippen molar-refractivity contribution in [3.63, 3.8) is 0 Å². The molecular formula is C20H21ClFNO5S. The number of sulfonamides is 1. The number of benzene rings is 2. The number of nitrogens with zero attached hydrogens (tertiary/aromatic N) is 1. The Balaban J connectivity index is 1.53. The molecule has 29 heavy (non-hydrogen) atoms. The highest BCUT2D eigenvalue weighted by Gasteiger charge is 2.26. The van der Waals surface area contributed by atoms with Gasteiger partial charge in [0.15, 0.2) is 0 Å². The van der Waals surface area contributed by atoms with Crippen LogP contribution in [-0.2, 0) is 37.3 Å². The van der Waals surface area contributed by atoms with Gasteiger partial charge in [-0.15, -0.1) is 0 Å². The highest BCUT2D eigenvalue weighted by molar-refractivity contribution is 7.89. The number of aryl methyl sites for hydroxylation is 1. The van der Waals surface area contributed by atoms with Gasteiger partial charge in [-0.2, -0.15) is 4.31 Å². The maximum absolute atomic E-state index is 13.7. The largest absolute Gasteiger partial charge is 0.461 e. The minimum absolute atomic E-state index is 0.0850. The summed E-state index contributed by atoms with van der Waals surface area (Å²) in [4.78, 5) is 12.2. The molecule has 1 aliphatic heterocycles. The van der Waals surface area contributed by atoms with Crippen molar-refractivity contribution in [3.05, 3.63) is 64.4 Å². The van der Waals surface area contributed by atoms with Crippen molar-refractivity contribution in [1.82, 2.24) is 4.31 Å². The number of hydrogen-bond donors (Lipinski definition) is 0. The zero-order chi connectivity index (χ0) is 20.9. The Kier molecular flexibility index (Phi) is 7.23. The summed E-state index contributed by atoms with van der Waals surface area (Å²) in [5.41, 5.74) is 0.937. The Labute approximate surface area is 174 Å². The molecule has 1 fully saturated rings. The zero-order valence-corrected chi connectivity index (χ0v) is 17.2. The first-order valence-electron chi connectivity index (χ1n) is 9.13. The lowest BCUT2D eigenvalue weighted by Crippen LogP contribution is -2.40. The van der Waals surface area contributed by atoms with Crippen LogP contribution in [0.5, 0.6) is 0 Å². The second-order valence-corrected chi connectivity index (χ2v) is 8.87. The van der Waals surface area contributed by atoms with E-state index < -0.39 is 21.8 Å². The van der Waals surface area contributed by atoms with E-state index in [2.05, 4.69) is 0 Å². The van der Waals surface area contributed by atoms with Gasteiger partial charge in [0.05, 0.1) is 23.1 Å². The number of hydrogen-bond acceptors (Lipinski definition) is 5. The molecule has 0 radical (unpaired) electrons. The number of carbonyl (C=O) groups excluding carboxylic acids is 1. The van der Waals surface area contributed by atoms with Crippen molar-refractivity contribution in [1.29, 1.82) is 0 Å². The van der Waals surface area contributed by atoms with Crippen LogP contribution in [-0.4, -0.2) is 45.0 Å². The van der Waals surface area contributed by atoms with Crippen LogP contribution in [0, 0.1) is 5.82 Å². The molecule has 0 saturated carbocycles. The lowest BCUT2D eigenvalue weighted by molar-refractivity contribution is -0.144. The normalized spacial score (nSPS) is 15.2. The molecule has 0 unspecified atom stereocenters. The van der Waals surface area contributed by atoms with Crippen LogP contribution in [0.3, 0.4) is 0 Å². The average molecular weight is 442 g/mol. The molecule has 1 heterocycles. The fourth-order valence-corrected chi connectivity index (χ4v) is 4.53. The van der Waals surface area contributed by atoms with E-state index in [4.69, 9.17) is 21.1 Å². The van der Waals surface area contributed by atoms with Gasteiger partial charge in [-0.05, 0) is 36.2 Å². The molecular weight excluding hydrogens is 421 g/mol. The highest BCUT2D eigenvalue weighted by atomic mass is 35.5. The van der Waals surface area contributed by atoms with Gasteiger partial charge in [0, 0.05) is 25.1 Å². The van der Waals surface area contributed by atoms with E-state index in [1.54, 1.807) is 12.1 Å². The highest BCUT2D eigenvalue weighted by Crippen LogP contribution is 2.21. The Morgan fingerprint density at radius 3 is 2.48 bits per heavy atom. The Morgan fingerprint density at radius 2 is 1.83 bits per heavy atom. The molecule has 0 N–H and O–H groups in total. The molecule has 0 aromatic heterocycles. The van der Waals surface area contributed by atoms with E-state index in [1.807, 2.05) is 0 Å². The number of morpholine rings is 1. The van der Waals surface area contributed by atoms with Gasteiger partial charge in [0.1, 0.15) is 12.4 Å². The second-order valence-electron chi connectivity index (χ2n) is 6.52. The summed E-state index contributed by atoms with van der Waals surface area (Å²) < 4.78 is 50.6. The maximum Gasteiger partial charge on any atom is 0.306 e. The molecule has 2 aromatic carbocycles. The van der Waals surface area contributed by atoms with Gasteiger partial charge in [0.25, 0.3) is 0 Å². The first kappa shape index (κ1) is 21.7. The Hall–Kier alpha value is -2.00. The van der Waals surface area contributed by atoms with E-state index in [1.165, 1.54) is 34.6 Å². The summed E-state index contributed by atoms with van der Waals surface area (Å²) in [7, 11) is -3.54. The van der Waals surface area contributed by atoms with Crippen molar-refractivity contribution in [2.45, 2.75) is 24.3 Å². The molecule has 0 bridgehead atoms.